The third kappa shape index (κ3) is 2.29. The average molecular weight is 253 g/mol. The van der Waals surface area contributed by atoms with Gasteiger partial charge in [-0.1, -0.05) is 0 Å². The molecule has 2 rings (SSSR count). The minimum Gasteiger partial charge on any atom is -0.481 e. The van der Waals surface area contributed by atoms with Gasteiger partial charge >= 0.3 is 5.97 Å². The molecule has 1 saturated heterocycles. The summed E-state index contributed by atoms with van der Waals surface area (Å²) in [6.45, 7) is 0.536. The normalized spacial score (nSPS) is 19.4. The van der Waals surface area contributed by atoms with Crippen molar-refractivity contribution in [2.24, 2.45) is 0 Å². The predicted molar refractivity (Wildman–Crippen MR) is 56.5 cm³/mol. The Labute approximate surface area is 101 Å². The Kier molecular flexibility index (Phi) is 3.22. The number of piperazine rings is 1. The summed E-state index contributed by atoms with van der Waals surface area (Å²) in [4.78, 5) is 35.5. The third-order valence-corrected chi connectivity index (χ3v) is 2.59. The van der Waals surface area contributed by atoms with Crippen LogP contribution in [0.25, 0.3) is 0 Å². The van der Waals surface area contributed by atoms with E-state index in [1.165, 1.54) is 11.1 Å². The van der Waals surface area contributed by atoms with Gasteiger partial charge in [0.15, 0.2) is 5.69 Å². The summed E-state index contributed by atoms with van der Waals surface area (Å²) in [6, 6.07) is -1.01. The van der Waals surface area contributed by atoms with Crippen LogP contribution in [0.3, 0.4) is 0 Å². The van der Waals surface area contributed by atoms with Crippen LogP contribution in [-0.2, 0) is 9.59 Å². The molecule has 2 amide bonds. The molecule has 3 N–H and O–H groups in total. The molecule has 9 nitrogen and oxygen atoms in total. The number of carboxylic acids is 1. The zero-order valence-electron chi connectivity index (χ0n) is 9.29. The number of nitrogens with one attached hydrogen (secondary N) is 2. The number of rotatable bonds is 3. The van der Waals surface area contributed by atoms with E-state index in [0.29, 0.717) is 6.54 Å². The SMILES string of the molecule is O=C(O)CC1C(=O)NCCN1C(=O)c1cn[nH]n1. The Bertz CT molecular complexity index is 471. The number of aromatic nitrogens is 3. The lowest BCUT2D eigenvalue weighted by Crippen LogP contribution is -2.57. The molecule has 0 bridgehead atoms. The van der Waals surface area contributed by atoms with Gasteiger partial charge in [0.1, 0.15) is 6.04 Å². The Morgan fingerprint density at radius 1 is 1.56 bits per heavy atom. The van der Waals surface area contributed by atoms with Crippen LogP contribution in [0.4, 0.5) is 0 Å². The quantitative estimate of drug-likeness (QED) is 0.584. The van der Waals surface area contributed by atoms with E-state index in [-0.39, 0.29) is 12.2 Å². The smallest absolute Gasteiger partial charge is 0.305 e. The van der Waals surface area contributed by atoms with Crippen molar-refractivity contribution >= 4 is 17.8 Å². The average Bonchev–Trinajstić information content (AvgIpc) is 2.84. The lowest BCUT2D eigenvalue weighted by atomic mass is 10.1. The lowest BCUT2D eigenvalue weighted by molar-refractivity contribution is -0.142. The highest BCUT2D eigenvalue weighted by Gasteiger charge is 2.35. The molecule has 0 saturated carbocycles. The highest BCUT2D eigenvalue weighted by Crippen LogP contribution is 2.12. The van der Waals surface area contributed by atoms with Crippen LogP contribution in [0.15, 0.2) is 6.20 Å². The van der Waals surface area contributed by atoms with Gasteiger partial charge in [-0.25, -0.2) is 0 Å². The van der Waals surface area contributed by atoms with Crippen LogP contribution < -0.4 is 5.32 Å². The third-order valence-electron chi connectivity index (χ3n) is 2.59. The van der Waals surface area contributed by atoms with Crippen molar-refractivity contribution in [3.63, 3.8) is 0 Å². The first-order chi connectivity index (χ1) is 8.59. The Balaban J connectivity index is 2.20. The molecule has 1 unspecified atom stereocenters. The highest BCUT2D eigenvalue weighted by atomic mass is 16.4. The molecular formula is C9H11N5O4. The van der Waals surface area contributed by atoms with E-state index in [4.69, 9.17) is 5.11 Å². The monoisotopic (exact) mass is 253 g/mol. The molecule has 1 atom stereocenters. The molecule has 1 aromatic heterocycles. The van der Waals surface area contributed by atoms with E-state index in [2.05, 4.69) is 20.7 Å². The Morgan fingerprint density at radius 3 is 2.94 bits per heavy atom. The molecule has 18 heavy (non-hydrogen) atoms. The van der Waals surface area contributed by atoms with Crippen molar-refractivity contribution in [1.82, 2.24) is 25.6 Å². The van der Waals surface area contributed by atoms with E-state index in [9.17, 15) is 14.4 Å². The first-order valence-corrected chi connectivity index (χ1v) is 5.26. The van der Waals surface area contributed by atoms with Crippen molar-refractivity contribution in [2.45, 2.75) is 12.5 Å². The van der Waals surface area contributed by atoms with Gasteiger partial charge in [-0.2, -0.15) is 15.4 Å². The number of carboxylic acid groups (broad SMARTS) is 1. The van der Waals surface area contributed by atoms with Gasteiger partial charge in [-0.05, 0) is 0 Å². The van der Waals surface area contributed by atoms with Crippen molar-refractivity contribution in [1.29, 1.82) is 0 Å². The fourth-order valence-electron chi connectivity index (χ4n) is 1.78. The minimum absolute atomic E-state index is 0.0556. The summed E-state index contributed by atoms with van der Waals surface area (Å²) in [6.07, 6.45) is 0.794. The second-order valence-corrected chi connectivity index (χ2v) is 3.76. The maximum atomic E-state index is 12.0. The van der Waals surface area contributed by atoms with Gasteiger partial charge in [-0.15, -0.1) is 0 Å². The molecule has 0 radical (unpaired) electrons. The van der Waals surface area contributed by atoms with Crippen molar-refractivity contribution in [3.8, 4) is 0 Å². The molecule has 1 aliphatic heterocycles. The summed E-state index contributed by atoms with van der Waals surface area (Å²) < 4.78 is 0. The maximum absolute atomic E-state index is 12.0. The number of H-pyrrole nitrogens is 1. The number of hydrogen-bond donors (Lipinski definition) is 3. The van der Waals surface area contributed by atoms with Gasteiger partial charge in [0.05, 0.1) is 12.6 Å². The largest absolute Gasteiger partial charge is 0.481 e. The summed E-state index contributed by atoms with van der Waals surface area (Å²) in [5.74, 6) is -2.12. The first kappa shape index (κ1) is 12.0. The van der Waals surface area contributed by atoms with Gasteiger partial charge < -0.3 is 15.3 Å². The van der Waals surface area contributed by atoms with Crippen molar-refractivity contribution in [3.05, 3.63) is 11.9 Å². The number of aromatic amines is 1. The van der Waals surface area contributed by atoms with Crippen LogP contribution in [-0.4, -0.2) is 62.3 Å². The standard InChI is InChI=1S/C9H11N5O4/c15-7(16)3-6-8(17)10-1-2-14(6)9(18)5-4-11-13-12-5/h4,6H,1-3H2,(H,10,17)(H,15,16)(H,11,12,13). The zero-order valence-corrected chi connectivity index (χ0v) is 9.29. The Morgan fingerprint density at radius 2 is 2.33 bits per heavy atom. The molecule has 1 aromatic rings. The fourth-order valence-corrected chi connectivity index (χ4v) is 1.78. The second kappa shape index (κ2) is 4.82. The molecule has 1 aliphatic rings. The van der Waals surface area contributed by atoms with Gasteiger partial charge in [-0.3, -0.25) is 14.4 Å². The number of aliphatic carboxylic acids is 1. The van der Waals surface area contributed by atoms with E-state index in [1.54, 1.807) is 0 Å². The molecule has 0 spiro atoms. The minimum atomic E-state index is -1.14. The second-order valence-electron chi connectivity index (χ2n) is 3.76. The van der Waals surface area contributed by atoms with Gasteiger partial charge in [0, 0.05) is 13.1 Å². The van der Waals surface area contributed by atoms with Crippen LogP contribution in [0, 0.1) is 0 Å². The molecular weight excluding hydrogens is 242 g/mol. The van der Waals surface area contributed by atoms with Gasteiger partial charge in [0.25, 0.3) is 5.91 Å². The van der Waals surface area contributed by atoms with Crippen molar-refractivity contribution < 1.29 is 19.5 Å². The topological polar surface area (TPSA) is 128 Å². The summed E-state index contributed by atoms with van der Waals surface area (Å²) in [5.41, 5.74) is 0.0556. The number of carbonyl (C=O) groups is 3. The molecule has 96 valence electrons. The summed E-state index contributed by atoms with van der Waals surface area (Å²) >= 11 is 0. The Hall–Kier alpha value is -2.45. The summed E-state index contributed by atoms with van der Waals surface area (Å²) in [7, 11) is 0. The number of amides is 2. The molecule has 2 heterocycles. The maximum Gasteiger partial charge on any atom is 0.305 e. The van der Waals surface area contributed by atoms with Crippen LogP contribution in [0.1, 0.15) is 16.9 Å². The molecule has 0 aromatic carbocycles. The predicted octanol–water partition coefficient (Wildman–Crippen LogP) is -1.78. The van der Waals surface area contributed by atoms with E-state index in [0.717, 1.165) is 0 Å². The first-order valence-electron chi connectivity index (χ1n) is 5.26. The van der Waals surface area contributed by atoms with Crippen LogP contribution >= 0.6 is 0 Å². The number of hydrogen-bond acceptors (Lipinski definition) is 5. The highest BCUT2D eigenvalue weighted by molar-refractivity contribution is 5.97. The lowest BCUT2D eigenvalue weighted by Gasteiger charge is -2.33. The molecule has 1 fully saturated rings. The van der Waals surface area contributed by atoms with E-state index in [1.807, 2.05) is 0 Å². The van der Waals surface area contributed by atoms with Crippen LogP contribution in [0.2, 0.25) is 0 Å². The molecule has 0 aliphatic carbocycles. The van der Waals surface area contributed by atoms with Gasteiger partial charge in [0.2, 0.25) is 5.91 Å². The number of nitrogens with zero attached hydrogens (tertiary/aromatic N) is 3. The van der Waals surface area contributed by atoms with E-state index < -0.39 is 30.2 Å². The summed E-state index contributed by atoms with van der Waals surface area (Å²) in [5, 5.41) is 20.7. The van der Waals surface area contributed by atoms with Crippen molar-refractivity contribution in [2.75, 3.05) is 13.1 Å². The fraction of sp³-hybridized carbons (Fsp3) is 0.444. The van der Waals surface area contributed by atoms with E-state index >= 15 is 0 Å². The zero-order chi connectivity index (χ0) is 13.1. The molecule has 9 heteroatoms. The number of carbonyl (C=O) groups excluding carboxylic acids is 2. The van der Waals surface area contributed by atoms with Crippen LogP contribution in [0.5, 0.6) is 0 Å².